The number of hydrogen-bond acceptors (Lipinski definition) is 3. The molecule has 0 aliphatic carbocycles. The van der Waals surface area contributed by atoms with Gasteiger partial charge in [-0.25, -0.2) is 8.78 Å². The second-order valence-electron chi connectivity index (χ2n) is 5.79. The maximum Gasteiger partial charge on any atom is 0.226 e. The Morgan fingerprint density at radius 1 is 0.889 bits per heavy atom. The van der Waals surface area contributed by atoms with Crippen LogP contribution in [0.1, 0.15) is 6.42 Å². The zero-order valence-electron chi connectivity index (χ0n) is 14.4. The Balaban J connectivity index is 1.45. The average molecular weight is 368 g/mol. The van der Waals surface area contributed by atoms with E-state index in [0.29, 0.717) is 12.3 Å². The van der Waals surface area contributed by atoms with Crippen molar-refractivity contribution in [3.63, 3.8) is 0 Å². The molecule has 4 nitrogen and oxygen atoms in total. The number of carbonyl (C=O) groups is 1. The molecule has 3 aromatic rings. The van der Waals surface area contributed by atoms with Crippen molar-refractivity contribution in [3.8, 4) is 11.5 Å². The molecular formula is C21H18F2N2O2. The maximum absolute atomic E-state index is 13.5. The van der Waals surface area contributed by atoms with Crippen molar-refractivity contribution in [3.05, 3.63) is 84.4 Å². The van der Waals surface area contributed by atoms with E-state index < -0.39 is 11.6 Å². The third-order valence-corrected chi connectivity index (χ3v) is 3.72. The largest absolute Gasteiger partial charge is 0.457 e. The van der Waals surface area contributed by atoms with Gasteiger partial charge in [-0.15, -0.1) is 0 Å². The Bertz CT molecular complexity index is 900. The van der Waals surface area contributed by atoms with Crippen LogP contribution in [0.5, 0.6) is 11.5 Å². The van der Waals surface area contributed by atoms with E-state index in [1.807, 2.05) is 54.6 Å². The SMILES string of the molecule is O=C(CCNc1ccc(Oc2ccccc2)cc1)Nc1ccc(F)cc1F. The van der Waals surface area contributed by atoms with E-state index in [2.05, 4.69) is 10.6 Å². The number of benzene rings is 3. The minimum Gasteiger partial charge on any atom is -0.457 e. The van der Waals surface area contributed by atoms with Crippen molar-refractivity contribution in [1.82, 2.24) is 0 Å². The maximum atomic E-state index is 13.5. The van der Waals surface area contributed by atoms with Gasteiger partial charge in [0.2, 0.25) is 5.91 Å². The molecule has 0 spiro atoms. The smallest absolute Gasteiger partial charge is 0.226 e. The Morgan fingerprint density at radius 3 is 2.30 bits per heavy atom. The molecule has 0 saturated carbocycles. The van der Waals surface area contributed by atoms with Crippen LogP contribution in [0.15, 0.2) is 72.8 Å². The topological polar surface area (TPSA) is 50.4 Å². The quantitative estimate of drug-likeness (QED) is 0.603. The Morgan fingerprint density at radius 2 is 1.59 bits per heavy atom. The normalized spacial score (nSPS) is 10.3. The average Bonchev–Trinajstić information content (AvgIpc) is 2.66. The minimum atomic E-state index is -0.801. The first kappa shape index (κ1) is 18.4. The fourth-order valence-electron chi connectivity index (χ4n) is 2.39. The van der Waals surface area contributed by atoms with Gasteiger partial charge in [-0.1, -0.05) is 18.2 Å². The minimum absolute atomic E-state index is 0.0381. The summed E-state index contributed by atoms with van der Waals surface area (Å²) in [6.07, 6.45) is 0.138. The molecule has 0 saturated heterocycles. The Hall–Kier alpha value is -3.41. The molecule has 1 amide bonds. The van der Waals surface area contributed by atoms with E-state index in [0.717, 1.165) is 23.6 Å². The highest BCUT2D eigenvalue weighted by Crippen LogP contribution is 2.22. The molecule has 0 unspecified atom stereocenters. The summed E-state index contributed by atoms with van der Waals surface area (Å²) in [5.41, 5.74) is 0.792. The Labute approximate surface area is 155 Å². The molecule has 0 aromatic heterocycles. The van der Waals surface area contributed by atoms with E-state index in [9.17, 15) is 13.6 Å². The monoisotopic (exact) mass is 368 g/mol. The fraction of sp³-hybridized carbons (Fsp3) is 0.0952. The van der Waals surface area contributed by atoms with Crippen LogP contribution in [-0.2, 0) is 4.79 Å². The summed E-state index contributed by atoms with van der Waals surface area (Å²) in [5, 5.41) is 5.53. The molecule has 0 atom stereocenters. The number of hydrogen-bond donors (Lipinski definition) is 2. The molecule has 0 radical (unpaired) electrons. The molecule has 0 aliphatic heterocycles. The number of para-hydroxylation sites is 1. The summed E-state index contributed by atoms with van der Waals surface area (Å²) in [6, 6.07) is 19.8. The van der Waals surface area contributed by atoms with E-state index in [-0.39, 0.29) is 18.0 Å². The van der Waals surface area contributed by atoms with Crippen LogP contribution in [-0.4, -0.2) is 12.5 Å². The van der Waals surface area contributed by atoms with Crippen LogP contribution in [0.25, 0.3) is 0 Å². The fourth-order valence-corrected chi connectivity index (χ4v) is 2.39. The first-order valence-electron chi connectivity index (χ1n) is 8.42. The predicted molar refractivity (Wildman–Crippen MR) is 101 cm³/mol. The number of ether oxygens (including phenoxy) is 1. The van der Waals surface area contributed by atoms with Gasteiger partial charge in [0, 0.05) is 24.7 Å². The summed E-state index contributed by atoms with van der Waals surface area (Å²) < 4.78 is 32.1. The summed E-state index contributed by atoms with van der Waals surface area (Å²) in [6.45, 7) is 0.369. The molecule has 0 heterocycles. The van der Waals surface area contributed by atoms with Gasteiger partial charge < -0.3 is 15.4 Å². The summed E-state index contributed by atoms with van der Waals surface area (Å²) >= 11 is 0. The highest BCUT2D eigenvalue weighted by Gasteiger charge is 2.08. The number of halogens is 2. The summed E-state index contributed by atoms with van der Waals surface area (Å²) in [5.74, 6) is -0.395. The molecule has 3 rings (SSSR count). The van der Waals surface area contributed by atoms with Gasteiger partial charge in [0.1, 0.15) is 23.1 Å². The van der Waals surface area contributed by atoms with Crippen molar-refractivity contribution >= 4 is 17.3 Å². The zero-order chi connectivity index (χ0) is 19.1. The number of nitrogens with one attached hydrogen (secondary N) is 2. The number of amides is 1. The van der Waals surface area contributed by atoms with Crippen molar-refractivity contribution < 1.29 is 18.3 Å². The molecule has 27 heavy (non-hydrogen) atoms. The number of carbonyl (C=O) groups excluding carboxylic acids is 1. The predicted octanol–water partition coefficient (Wildman–Crippen LogP) is 5.20. The van der Waals surface area contributed by atoms with Crippen LogP contribution in [0.3, 0.4) is 0 Å². The van der Waals surface area contributed by atoms with Crippen LogP contribution in [0.2, 0.25) is 0 Å². The van der Waals surface area contributed by atoms with E-state index in [1.165, 1.54) is 6.07 Å². The number of rotatable bonds is 7. The zero-order valence-corrected chi connectivity index (χ0v) is 14.4. The molecule has 3 aromatic carbocycles. The molecule has 0 aliphatic rings. The van der Waals surface area contributed by atoms with Crippen molar-refractivity contribution in [2.24, 2.45) is 0 Å². The van der Waals surface area contributed by atoms with Crippen LogP contribution in [0.4, 0.5) is 20.2 Å². The summed E-state index contributed by atoms with van der Waals surface area (Å²) in [4.78, 5) is 11.9. The van der Waals surface area contributed by atoms with Gasteiger partial charge in [-0.05, 0) is 48.5 Å². The van der Waals surface area contributed by atoms with E-state index in [1.54, 1.807) is 0 Å². The molecular weight excluding hydrogens is 350 g/mol. The van der Waals surface area contributed by atoms with Crippen molar-refractivity contribution in [1.29, 1.82) is 0 Å². The third-order valence-electron chi connectivity index (χ3n) is 3.72. The van der Waals surface area contributed by atoms with E-state index >= 15 is 0 Å². The third kappa shape index (κ3) is 5.54. The van der Waals surface area contributed by atoms with Crippen LogP contribution in [0, 0.1) is 11.6 Å². The van der Waals surface area contributed by atoms with Crippen molar-refractivity contribution in [2.45, 2.75) is 6.42 Å². The molecule has 0 fully saturated rings. The van der Waals surface area contributed by atoms with Crippen molar-refractivity contribution in [2.75, 3.05) is 17.2 Å². The lowest BCUT2D eigenvalue weighted by Gasteiger charge is -2.09. The van der Waals surface area contributed by atoms with Crippen LogP contribution < -0.4 is 15.4 Å². The van der Waals surface area contributed by atoms with Crippen LogP contribution >= 0.6 is 0 Å². The first-order chi connectivity index (χ1) is 13.1. The van der Waals surface area contributed by atoms with Gasteiger partial charge in [-0.2, -0.15) is 0 Å². The van der Waals surface area contributed by atoms with E-state index in [4.69, 9.17) is 4.74 Å². The lowest BCUT2D eigenvalue weighted by atomic mass is 10.2. The van der Waals surface area contributed by atoms with Gasteiger partial charge in [0.05, 0.1) is 5.69 Å². The molecule has 2 N–H and O–H groups in total. The molecule has 138 valence electrons. The highest BCUT2D eigenvalue weighted by molar-refractivity contribution is 5.91. The molecule has 0 bridgehead atoms. The second-order valence-corrected chi connectivity index (χ2v) is 5.79. The van der Waals surface area contributed by atoms with Gasteiger partial charge in [0.25, 0.3) is 0 Å². The Kier molecular flexibility index (Phi) is 5.99. The standard InChI is InChI=1S/C21H18F2N2O2/c22-15-6-11-20(19(23)14-15)25-21(26)12-13-24-16-7-9-18(10-8-16)27-17-4-2-1-3-5-17/h1-11,14,24H,12-13H2,(H,25,26). The van der Waals surface area contributed by atoms with Gasteiger partial charge >= 0.3 is 0 Å². The van der Waals surface area contributed by atoms with Gasteiger partial charge in [0.15, 0.2) is 0 Å². The first-order valence-corrected chi connectivity index (χ1v) is 8.42. The highest BCUT2D eigenvalue weighted by atomic mass is 19.1. The summed E-state index contributed by atoms with van der Waals surface area (Å²) in [7, 11) is 0. The second kappa shape index (κ2) is 8.80. The lowest BCUT2D eigenvalue weighted by Crippen LogP contribution is -2.17. The number of anilines is 2. The molecule has 6 heteroatoms. The van der Waals surface area contributed by atoms with Gasteiger partial charge in [-0.3, -0.25) is 4.79 Å². The lowest BCUT2D eigenvalue weighted by molar-refractivity contribution is -0.116.